The molecule has 0 saturated carbocycles. The zero-order valence-electron chi connectivity index (χ0n) is 7.32. The molecule has 0 unspecified atom stereocenters. The summed E-state index contributed by atoms with van der Waals surface area (Å²) in [4.78, 5) is 4.26. The minimum absolute atomic E-state index is 0. The number of hydrogen-bond acceptors (Lipinski definition) is 5. The highest BCUT2D eigenvalue weighted by Crippen LogP contribution is 2.22. The van der Waals surface area contributed by atoms with Gasteiger partial charge >= 0.3 is 0 Å². The summed E-state index contributed by atoms with van der Waals surface area (Å²) in [6.07, 6.45) is 0.837. The van der Waals surface area contributed by atoms with Crippen molar-refractivity contribution in [3.63, 3.8) is 0 Å². The van der Waals surface area contributed by atoms with Gasteiger partial charge in [-0.1, -0.05) is 12.1 Å². The molecule has 74 valence electrons. The molecule has 4 nitrogen and oxygen atoms in total. The summed E-state index contributed by atoms with van der Waals surface area (Å²) >= 11 is 1.85. The topological polar surface area (TPSA) is 51.0 Å². The molecule has 2 heterocycles. The van der Waals surface area contributed by atoms with Crippen LogP contribution in [-0.4, -0.2) is 21.8 Å². The maximum Gasteiger partial charge on any atom is 0.244 e. The molecule has 1 aromatic heterocycles. The van der Waals surface area contributed by atoms with Crippen molar-refractivity contribution in [2.24, 2.45) is 0 Å². The first-order chi connectivity index (χ1) is 5.90. The van der Waals surface area contributed by atoms with Crippen LogP contribution >= 0.6 is 24.2 Å². The lowest BCUT2D eigenvalue weighted by atomic mass is 10.3. The Morgan fingerprint density at radius 1 is 1.69 bits per heavy atom. The third kappa shape index (κ3) is 2.36. The van der Waals surface area contributed by atoms with Crippen molar-refractivity contribution >= 4 is 24.2 Å². The number of aryl methyl sites for hydroxylation is 1. The minimum Gasteiger partial charge on any atom is -0.338 e. The summed E-state index contributed by atoms with van der Waals surface area (Å²) in [5, 5.41) is 7.12. The Labute approximate surface area is 87.3 Å². The van der Waals surface area contributed by atoms with Crippen LogP contribution in [0.1, 0.15) is 24.7 Å². The van der Waals surface area contributed by atoms with E-state index < -0.39 is 0 Å². The molecule has 1 N–H and O–H groups in total. The fraction of sp³-hybridized carbons (Fsp3) is 0.714. The maximum absolute atomic E-state index is 5.10. The third-order valence-corrected chi connectivity index (χ3v) is 2.75. The SMILES string of the molecule is CCc1noc([C@H]2CSCN2)n1.Cl. The van der Waals surface area contributed by atoms with E-state index in [4.69, 9.17) is 4.52 Å². The van der Waals surface area contributed by atoms with Gasteiger partial charge in [-0.05, 0) is 0 Å². The van der Waals surface area contributed by atoms with Gasteiger partial charge in [0.1, 0.15) is 0 Å². The molecule has 0 amide bonds. The molecule has 0 bridgehead atoms. The average molecular weight is 222 g/mol. The maximum atomic E-state index is 5.10. The number of nitrogens with zero attached hydrogens (tertiary/aromatic N) is 2. The molecule has 0 radical (unpaired) electrons. The molecule has 1 aliphatic heterocycles. The first-order valence-corrected chi connectivity index (χ1v) is 5.19. The molecule has 1 fully saturated rings. The third-order valence-electron chi connectivity index (χ3n) is 1.81. The van der Waals surface area contributed by atoms with Gasteiger partial charge in [0.2, 0.25) is 5.89 Å². The van der Waals surface area contributed by atoms with Crippen molar-refractivity contribution in [1.29, 1.82) is 0 Å². The van der Waals surface area contributed by atoms with Crippen LogP contribution in [0.3, 0.4) is 0 Å². The highest BCUT2D eigenvalue weighted by Gasteiger charge is 2.22. The molecule has 1 aliphatic rings. The van der Waals surface area contributed by atoms with Gasteiger partial charge in [0.25, 0.3) is 0 Å². The number of nitrogens with one attached hydrogen (secondary N) is 1. The number of hydrogen-bond donors (Lipinski definition) is 1. The second kappa shape index (κ2) is 4.83. The van der Waals surface area contributed by atoms with E-state index in [0.717, 1.165) is 29.8 Å². The van der Waals surface area contributed by atoms with Crippen LogP contribution in [0.2, 0.25) is 0 Å². The Kier molecular flexibility index (Phi) is 4.02. The van der Waals surface area contributed by atoms with Crippen molar-refractivity contribution < 1.29 is 4.52 Å². The van der Waals surface area contributed by atoms with Gasteiger partial charge in [-0.3, -0.25) is 5.32 Å². The molecular formula is C7H12ClN3OS. The summed E-state index contributed by atoms with van der Waals surface area (Å²) < 4.78 is 5.10. The Morgan fingerprint density at radius 2 is 2.54 bits per heavy atom. The zero-order valence-corrected chi connectivity index (χ0v) is 8.95. The number of halogens is 1. The van der Waals surface area contributed by atoms with Crippen LogP contribution in [0.25, 0.3) is 0 Å². The van der Waals surface area contributed by atoms with Gasteiger partial charge in [-0.25, -0.2) is 0 Å². The van der Waals surface area contributed by atoms with E-state index in [1.165, 1.54) is 0 Å². The van der Waals surface area contributed by atoms with Crippen molar-refractivity contribution in [2.45, 2.75) is 19.4 Å². The van der Waals surface area contributed by atoms with E-state index in [1.807, 2.05) is 18.7 Å². The second-order valence-corrected chi connectivity index (χ2v) is 3.70. The van der Waals surface area contributed by atoms with Gasteiger partial charge in [-0.15, -0.1) is 24.2 Å². The van der Waals surface area contributed by atoms with Crippen LogP contribution in [0, 0.1) is 0 Å². The monoisotopic (exact) mass is 221 g/mol. The fourth-order valence-corrected chi connectivity index (χ4v) is 2.04. The number of aromatic nitrogens is 2. The Bertz CT molecular complexity index is 262. The Balaban J connectivity index is 0.000000845. The van der Waals surface area contributed by atoms with Crippen molar-refractivity contribution in [3.8, 4) is 0 Å². The van der Waals surface area contributed by atoms with E-state index in [1.54, 1.807) is 0 Å². The first kappa shape index (κ1) is 10.8. The molecule has 1 aromatic rings. The van der Waals surface area contributed by atoms with E-state index in [0.29, 0.717) is 0 Å². The van der Waals surface area contributed by atoms with Gasteiger partial charge in [-0.2, -0.15) is 4.98 Å². The average Bonchev–Trinajstić information content (AvgIpc) is 2.75. The normalized spacial score (nSPS) is 21.5. The zero-order chi connectivity index (χ0) is 8.39. The molecule has 1 atom stereocenters. The number of thioether (sulfide) groups is 1. The Morgan fingerprint density at radius 3 is 3.08 bits per heavy atom. The van der Waals surface area contributed by atoms with Crippen LogP contribution < -0.4 is 5.32 Å². The lowest BCUT2D eigenvalue weighted by Gasteiger charge is -1.99. The minimum atomic E-state index is 0. The number of rotatable bonds is 2. The molecule has 2 rings (SSSR count). The molecule has 13 heavy (non-hydrogen) atoms. The molecule has 0 aliphatic carbocycles. The lowest BCUT2D eigenvalue weighted by molar-refractivity contribution is 0.347. The summed E-state index contributed by atoms with van der Waals surface area (Å²) in [5.41, 5.74) is 0. The Hall–Kier alpha value is -0.260. The molecule has 6 heteroatoms. The summed E-state index contributed by atoms with van der Waals surface area (Å²) in [6.45, 7) is 2.02. The van der Waals surface area contributed by atoms with Crippen LogP contribution in [0.4, 0.5) is 0 Å². The van der Waals surface area contributed by atoms with Gasteiger partial charge in [0, 0.05) is 18.1 Å². The van der Waals surface area contributed by atoms with Gasteiger partial charge < -0.3 is 4.52 Å². The molecular weight excluding hydrogens is 210 g/mol. The summed E-state index contributed by atoms with van der Waals surface area (Å²) in [7, 11) is 0. The molecule has 1 saturated heterocycles. The van der Waals surface area contributed by atoms with Crippen molar-refractivity contribution in [3.05, 3.63) is 11.7 Å². The van der Waals surface area contributed by atoms with Crippen LogP contribution in [0.15, 0.2) is 4.52 Å². The molecule has 0 aromatic carbocycles. The van der Waals surface area contributed by atoms with Gasteiger partial charge in [0.05, 0.1) is 6.04 Å². The standard InChI is InChI=1S/C7H11N3OS.ClH/c1-2-6-9-7(11-10-6)5-3-12-4-8-5;/h5,8H,2-4H2,1H3;1H/t5-;/m1./s1. The quantitative estimate of drug-likeness (QED) is 0.818. The van der Waals surface area contributed by atoms with E-state index in [2.05, 4.69) is 15.5 Å². The highest BCUT2D eigenvalue weighted by atomic mass is 35.5. The van der Waals surface area contributed by atoms with Crippen molar-refractivity contribution in [1.82, 2.24) is 15.5 Å². The van der Waals surface area contributed by atoms with E-state index in [9.17, 15) is 0 Å². The largest absolute Gasteiger partial charge is 0.338 e. The fourth-order valence-electron chi connectivity index (χ4n) is 1.11. The lowest BCUT2D eigenvalue weighted by Crippen LogP contribution is -2.14. The predicted molar refractivity (Wildman–Crippen MR) is 54.1 cm³/mol. The predicted octanol–water partition coefficient (Wildman–Crippen LogP) is 1.39. The van der Waals surface area contributed by atoms with Gasteiger partial charge in [0.15, 0.2) is 5.82 Å². The van der Waals surface area contributed by atoms with Crippen LogP contribution in [0.5, 0.6) is 0 Å². The van der Waals surface area contributed by atoms with E-state index >= 15 is 0 Å². The highest BCUT2D eigenvalue weighted by molar-refractivity contribution is 7.99. The molecule has 0 spiro atoms. The van der Waals surface area contributed by atoms with Crippen molar-refractivity contribution in [2.75, 3.05) is 11.6 Å². The van der Waals surface area contributed by atoms with E-state index in [-0.39, 0.29) is 18.4 Å². The van der Waals surface area contributed by atoms with Crippen LogP contribution in [-0.2, 0) is 6.42 Å². The summed E-state index contributed by atoms with van der Waals surface area (Å²) in [5.74, 6) is 3.54. The smallest absolute Gasteiger partial charge is 0.244 e. The second-order valence-electron chi connectivity index (χ2n) is 2.67. The summed E-state index contributed by atoms with van der Waals surface area (Å²) in [6, 6.07) is 0.266. The first-order valence-electron chi connectivity index (χ1n) is 4.03.